The number of carbonyl (C=O) groups is 1. The van der Waals surface area contributed by atoms with Crippen LogP contribution in [-0.4, -0.2) is 11.8 Å². The molecule has 0 aromatic heterocycles. The van der Waals surface area contributed by atoms with Gasteiger partial charge in [-0.05, 0) is 69.6 Å². The molecule has 0 radical (unpaired) electrons. The smallest absolute Gasteiger partial charge is 0.139 e. The van der Waals surface area contributed by atoms with Crippen LogP contribution in [0.4, 0.5) is 0 Å². The zero-order chi connectivity index (χ0) is 12.0. The Hall–Kier alpha value is -0.370. The average Bonchev–Trinajstić information content (AvgIpc) is 2.23. The fourth-order valence-electron chi connectivity index (χ4n) is 5.08. The first-order valence-corrected chi connectivity index (χ1v) is 7.36. The van der Waals surface area contributed by atoms with Gasteiger partial charge in [-0.1, -0.05) is 0 Å². The highest BCUT2D eigenvalue weighted by Crippen LogP contribution is 2.60. The van der Waals surface area contributed by atoms with Crippen molar-refractivity contribution in [3.8, 4) is 0 Å². The minimum atomic E-state index is 0.101. The van der Waals surface area contributed by atoms with Gasteiger partial charge in [-0.2, -0.15) is 0 Å². The molecule has 4 saturated carbocycles. The first kappa shape index (κ1) is 11.7. The molecule has 0 amide bonds. The molecule has 0 aliphatic heterocycles. The van der Waals surface area contributed by atoms with E-state index in [1.54, 1.807) is 0 Å². The summed E-state index contributed by atoms with van der Waals surface area (Å²) < 4.78 is 0. The SMILES string of the molecule is CC(N)CCC(=O)C12CC3CC(CC(C3)C1)C2. The van der Waals surface area contributed by atoms with Crippen molar-refractivity contribution in [3.63, 3.8) is 0 Å². The minimum Gasteiger partial charge on any atom is -0.328 e. The summed E-state index contributed by atoms with van der Waals surface area (Å²) in [6.07, 6.45) is 9.47. The second-order valence-electron chi connectivity index (χ2n) is 7.14. The highest BCUT2D eigenvalue weighted by Gasteiger charge is 2.53. The number of nitrogens with two attached hydrogens (primary N) is 1. The van der Waals surface area contributed by atoms with E-state index < -0.39 is 0 Å². The average molecular weight is 235 g/mol. The van der Waals surface area contributed by atoms with Crippen LogP contribution in [0.25, 0.3) is 0 Å². The molecular formula is C15H25NO. The van der Waals surface area contributed by atoms with Crippen LogP contribution < -0.4 is 5.73 Å². The van der Waals surface area contributed by atoms with E-state index >= 15 is 0 Å². The van der Waals surface area contributed by atoms with Crippen LogP contribution in [0.15, 0.2) is 0 Å². The zero-order valence-corrected chi connectivity index (χ0v) is 11.0. The lowest BCUT2D eigenvalue weighted by Gasteiger charge is -2.56. The zero-order valence-electron chi connectivity index (χ0n) is 11.0. The van der Waals surface area contributed by atoms with Gasteiger partial charge in [-0.25, -0.2) is 0 Å². The molecular weight excluding hydrogens is 210 g/mol. The Morgan fingerprint density at radius 1 is 1.18 bits per heavy atom. The first-order valence-electron chi connectivity index (χ1n) is 7.36. The number of hydrogen-bond donors (Lipinski definition) is 1. The largest absolute Gasteiger partial charge is 0.328 e. The Morgan fingerprint density at radius 3 is 2.06 bits per heavy atom. The molecule has 4 aliphatic rings. The Kier molecular flexibility index (Phi) is 2.81. The number of carbonyl (C=O) groups excluding carboxylic acids is 1. The normalized spacial score (nSPS) is 44.9. The van der Waals surface area contributed by atoms with Gasteiger partial charge < -0.3 is 5.73 Å². The molecule has 17 heavy (non-hydrogen) atoms. The third-order valence-corrected chi connectivity index (χ3v) is 5.46. The van der Waals surface area contributed by atoms with Gasteiger partial charge in [0.25, 0.3) is 0 Å². The van der Waals surface area contributed by atoms with E-state index in [0.717, 1.165) is 30.6 Å². The second-order valence-corrected chi connectivity index (χ2v) is 7.14. The third-order valence-electron chi connectivity index (χ3n) is 5.46. The standard InChI is InChI=1S/C15H25NO/c1-10(16)2-3-14(17)15-7-11-4-12(8-15)6-13(5-11)9-15/h10-13H,2-9,16H2,1H3. The molecule has 0 aromatic carbocycles. The summed E-state index contributed by atoms with van der Waals surface area (Å²) in [6, 6.07) is 0.174. The molecule has 0 saturated heterocycles. The van der Waals surface area contributed by atoms with Crippen LogP contribution in [0, 0.1) is 23.2 Å². The van der Waals surface area contributed by atoms with Gasteiger partial charge in [0.05, 0.1) is 0 Å². The van der Waals surface area contributed by atoms with Gasteiger partial charge in [0.15, 0.2) is 0 Å². The summed E-state index contributed by atoms with van der Waals surface area (Å²) in [6.45, 7) is 2.01. The van der Waals surface area contributed by atoms with Crippen molar-refractivity contribution < 1.29 is 4.79 Å². The van der Waals surface area contributed by atoms with Crippen molar-refractivity contribution in [3.05, 3.63) is 0 Å². The summed E-state index contributed by atoms with van der Waals surface area (Å²) >= 11 is 0. The monoisotopic (exact) mass is 235 g/mol. The van der Waals surface area contributed by atoms with E-state index in [2.05, 4.69) is 0 Å². The lowest BCUT2D eigenvalue weighted by atomic mass is 9.48. The predicted molar refractivity (Wildman–Crippen MR) is 68.5 cm³/mol. The van der Waals surface area contributed by atoms with Crippen molar-refractivity contribution in [1.29, 1.82) is 0 Å². The van der Waals surface area contributed by atoms with Crippen LogP contribution >= 0.6 is 0 Å². The molecule has 2 N–H and O–H groups in total. The molecule has 1 unspecified atom stereocenters. The maximum atomic E-state index is 12.5. The van der Waals surface area contributed by atoms with Gasteiger partial charge >= 0.3 is 0 Å². The third kappa shape index (κ3) is 2.05. The van der Waals surface area contributed by atoms with Crippen molar-refractivity contribution in [2.75, 3.05) is 0 Å². The topological polar surface area (TPSA) is 43.1 Å². The number of rotatable bonds is 4. The van der Waals surface area contributed by atoms with Crippen molar-refractivity contribution >= 4 is 5.78 Å². The lowest BCUT2D eigenvalue weighted by molar-refractivity contribution is -0.144. The van der Waals surface area contributed by atoms with Gasteiger partial charge in [0.2, 0.25) is 0 Å². The maximum Gasteiger partial charge on any atom is 0.139 e. The van der Waals surface area contributed by atoms with Crippen LogP contribution in [0.5, 0.6) is 0 Å². The molecule has 0 aromatic rings. The van der Waals surface area contributed by atoms with E-state index in [0.29, 0.717) is 5.78 Å². The van der Waals surface area contributed by atoms with Crippen molar-refractivity contribution in [2.24, 2.45) is 28.9 Å². The summed E-state index contributed by atoms with van der Waals surface area (Å²) in [5.74, 6) is 3.18. The van der Waals surface area contributed by atoms with E-state index in [-0.39, 0.29) is 11.5 Å². The molecule has 2 heteroatoms. The van der Waals surface area contributed by atoms with Gasteiger partial charge in [0, 0.05) is 17.9 Å². The number of Topliss-reactive ketones (excluding diaryl/α,β-unsaturated/α-hetero) is 1. The molecule has 4 aliphatic carbocycles. The molecule has 4 fully saturated rings. The summed E-state index contributed by atoms with van der Waals surface area (Å²) in [7, 11) is 0. The summed E-state index contributed by atoms with van der Waals surface area (Å²) in [5, 5.41) is 0. The van der Waals surface area contributed by atoms with E-state index in [9.17, 15) is 4.79 Å². The van der Waals surface area contributed by atoms with E-state index in [4.69, 9.17) is 5.73 Å². The molecule has 0 heterocycles. The Morgan fingerprint density at radius 2 is 1.65 bits per heavy atom. The quantitative estimate of drug-likeness (QED) is 0.814. The predicted octanol–water partition coefficient (Wildman–Crippen LogP) is 2.90. The van der Waals surface area contributed by atoms with E-state index in [1.165, 1.54) is 38.5 Å². The Bertz CT molecular complexity index is 286. The van der Waals surface area contributed by atoms with Gasteiger partial charge in [-0.3, -0.25) is 4.79 Å². The van der Waals surface area contributed by atoms with E-state index in [1.807, 2.05) is 6.92 Å². The molecule has 0 spiro atoms. The summed E-state index contributed by atoms with van der Waals surface area (Å²) in [4.78, 5) is 12.5. The highest BCUT2D eigenvalue weighted by molar-refractivity contribution is 5.85. The van der Waals surface area contributed by atoms with Crippen LogP contribution in [-0.2, 0) is 4.79 Å². The molecule has 1 atom stereocenters. The molecule has 2 nitrogen and oxygen atoms in total. The number of ketones is 1. The Labute approximate surface area is 104 Å². The molecule has 4 rings (SSSR count). The van der Waals surface area contributed by atoms with Gasteiger partial charge in [0.1, 0.15) is 5.78 Å². The maximum absolute atomic E-state index is 12.5. The highest BCUT2D eigenvalue weighted by atomic mass is 16.1. The van der Waals surface area contributed by atoms with Crippen LogP contribution in [0.3, 0.4) is 0 Å². The van der Waals surface area contributed by atoms with Gasteiger partial charge in [-0.15, -0.1) is 0 Å². The summed E-state index contributed by atoms with van der Waals surface area (Å²) in [5.41, 5.74) is 5.88. The molecule has 96 valence electrons. The fourth-order valence-corrected chi connectivity index (χ4v) is 5.08. The van der Waals surface area contributed by atoms with Crippen LogP contribution in [0.2, 0.25) is 0 Å². The molecule has 4 bridgehead atoms. The van der Waals surface area contributed by atoms with Crippen molar-refractivity contribution in [1.82, 2.24) is 0 Å². The lowest BCUT2D eigenvalue weighted by Crippen LogP contribution is -2.50. The van der Waals surface area contributed by atoms with Crippen LogP contribution in [0.1, 0.15) is 58.3 Å². The first-order chi connectivity index (χ1) is 8.07. The number of hydrogen-bond acceptors (Lipinski definition) is 2. The second kappa shape index (κ2) is 4.08. The Balaban J connectivity index is 1.71. The van der Waals surface area contributed by atoms with Crippen molar-refractivity contribution in [2.45, 2.75) is 64.3 Å². The minimum absolute atomic E-state index is 0.101. The fraction of sp³-hybridized carbons (Fsp3) is 0.933.